The zero-order chi connectivity index (χ0) is 24.6. The Bertz CT molecular complexity index is 1190. The molecular formula is C27H33N3O5. The van der Waals surface area contributed by atoms with Crippen molar-refractivity contribution < 1.29 is 18.7 Å². The minimum absolute atomic E-state index is 0.0254. The van der Waals surface area contributed by atoms with Crippen molar-refractivity contribution in [2.45, 2.75) is 32.7 Å². The first kappa shape index (κ1) is 24.9. The van der Waals surface area contributed by atoms with Gasteiger partial charge in [-0.05, 0) is 55.2 Å². The van der Waals surface area contributed by atoms with Crippen molar-refractivity contribution in [2.24, 2.45) is 0 Å². The summed E-state index contributed by atoms with van der Waals surface area (Å²) in [7, 11) is 1.57. The molecule has 1 aromatic carbocycles. The zero-order valence-corrected chi connectivity index (χ0v) is 20.5. The number of carbonyl (C=O) groups is 1. The van der Waals surface area contributed by atoms with Gasteiger partial charge in [0.25, 0.3) is 0 Å². The molecule has 0 aliphatic carbocycles. The lowest BCUT2D eigenvalue weighted by Gasteiger charge is -2.28. The summed E-state index contributed by atoms with van der Waals surface area (Å²) in [6, 6.07) is 9.30. The zero-order valence-electron chi connectivity index (χ0n) is 20.5. The Morgan fingerprint density at radius 2 is 1.94 bits per heavy atom. The second-order valence-electron chi connectivity index (χ2n) is 8.83. The molecule has 0 saturated carbocycles. The molecule has 1 amide bonds. The molecule has 3 heterocycles. The van der Waals surface area contributed by atoms with Gasteiger partial charge in [0.05, 0.1) is 20.3 Å². The average Bonchev–Trinajstić information content (AvgIpc) is 2.88. The fourth-order valence-electron chi connectivity index (χ4n) is 4.49. The molecule has 35 heavy (non-hydrogen) atoms. The average molecular weight is 480 g/mol. The molecule has 8 heteroatoms. The molecular weight excluding hydrogens is 446 g/mol. The number of carbonyl (C=O) groups excluding carboxylic acids is 1. The summed E-state index contributed by atoms with van der Waals surface area (Å²) in [5, 5.41) is 0.854. The standard InChI is InChI=1S/C27H33N3O5/c1-20-23-5-4-22(33-2)18-25(23)35-27(32)24(20)6-7-26(31)30(19-21-8-10-28-11-9-21)13-3-12-29-14-16-34-17-15-29/h4-5,8-11,18H,3,6-7,12-17,19H2,1-2H3. The molecule has 0 spiro atoms. The number of nitrogens with zero attached hydrogens (tertiary/aromatic N) is 3. The van der Waals surface area contributed by atoms with Crippen LogP contribution >= 0.6 is 0 Å². The molecule has 1 fully saturated rings. The smallest absolute Gasteiger partial charge is 0.339 e. The fraction of sp³-hybridized carbons (Fsp3) is 0.444. The Morgan fingerprint density at radius 1 is 1.17 bits per heavy atom. The van der Waals surface area contributed by atoms with Crippen LogP contribution in [0.4, 0.5) is 0 Å². The molecule has 0 unspecified atom stereocenters. The van der Waals surface area contributed by atoms with Gasteiger partial charge in [0.1, 0.15) is 11.3 Å². The van der Waals surface area contributed by atoms with E-state index in [-0.39, 0.29) is 12.3 Å². The normalized spacial score (nSPS) is 14.2. The van der Waals surface area contributed by atoms with Crippen LogP contribution in [0.3, 0.4) is 0 Å². The Hall–Kier alpha value is -3.23. The number of fused-ring (bicyclic) bond motifs is 1. The minimum atomic E-state index is -0.399. The lowest BCUT2D eigenvalue weighted by atomic mass is 10.0. The van der Waals surface area contributed by atoms with Crippen LogP contribution in [0.2, 0.25) is 0 Å². The first-order valence-corrected chi connectivity index (χ1v) is 12.1. The molecule has 0 N–H and O–H groups in total. The highest BCUT2D eigenvalue weighted by molar-refractivity contribution is 5.82. The number of hydrogen-bond acceptors (Lipinski definition) is 7. The Labute approximate surface area is 205 Å². The maximum Gasteiger partial charge on any atom is 0.339 e. The van der Waals surface area contributed by atoms with Gasteiger partial charge in [0, 0.05) is 68.6 Å². The van der Waals surface area contributed by atoms with Crippen LogP contribution in [-0.2, 0) is 22.5 Å². The van der Waals surface area contributed by atoms with Crippen LogP contribution in [0.5, 0.6) is 5.75 Å². The third-order valence-corrected chi connectivity index (χ3v) is 6.56. The van der Waals surface area contributed by atoms with E-state index < -0.39 is 5.63 Å². The number of benzene rings is 1. The Kier molecular flexibility index (Phi) is 8.50. The van der Waals surface area contributed by atoms with Gasteiger partial charge < -0.3 is 18.8 Å². The maximum absolute atomic E-state index is 13.3. The number of rotatable bonds is 10. The molecule has 8 nitrogen and oxygen atoms in total. The lowest BCUT2D eigenvalue weighted by Crippen LogP contribution is -2.39. The summed E-state index contributed by atoms with van der Waals surface area (Å²) in [5.41, 5.74) is 2.52. The molecule has 1 saturated heterocycles. The van der Waals surface area contributed by atoms with Gasteiger partial charge in [-0.3, -0.25) is 14.7 Å². The van der Waals surface area contributed by atoms with Crippen LogP contribution in [-0.4, -0.2) is 67.2 Å². The largest absolute Gasteiger partial charge is 0.497 e. The molecule has 0 radical (unpaired) electrons. The lowest BCUT2D eigenvalue weighted by molar-refractivity contribution is -0.132. The Morgan fingerprint density at radius 3 is 2.69 bits per heavy atom. The first-order chi connectivity index (χ1) is 17.0. The van der Waals surface area contributed by atoms with Crippen molar-refractivity contribution in [3.63, 3.8) is 0 Å². The SMILES string of the molecule is COc1ccc2c(C)c(CCC(=O)N(CCCN3CCOCC3)Cc3ccncc3)c(=O)oc2c1. The summed E-state index contributed by atoms with van der Waals surface area (Å²) in [4.78, 5) is 34.4. The number of aryl methyl sites for hydroxylation is 1. The van der Waals surface area contributed by atoms with Crippen LogP contribution < -0.4 is 10.4 Å². The van der Waals surface area contributed by atoms with Crippen LogP contribution in [0.1, 0.15) is 29.5 Å². The Balaban J connectivity index is 1.44. The summed E-state index contributed by atoms with van der Waals surface area (Å²) in [6.07, 6.45) is 4.95. The summed E-state index contributed by atoms with van der Waals surface area (Å²) in [5.74, 6) is 0.657. The molecule has 2 aromatic heterocycles. The van der Waals surface area contributed by atoms with Gasteiger partial charge in [-0.1, -0.05) is 0 Å². The van der Waals surface area contributed by atoms with E-state index in [1.807, 2.05) is 36.1 Å². The molecule has 186 valence electrons. The molecule has 4 rings (SSSR count). The van der Waals surface area contributed by atoms with E-state index in [1.54, 1.807) is 25.6 Å². The number of pyridine rings is 1. The highest BCUT2D eigenvalue weighted by Gasteiger charge is 2.19. The summed E-state index contributed by atoms with van der Waals surface area (Å²) >= 11 is 0. The summed E-state index contributed by atoms with van der Waals surface area (Å²) in [6.45, 7) is 7.41. The highest BCUT2D eigenvalue weighted by atomic mass is 16.5. The summed E-state index contributed by atoms with van der Waals surface area (Å²) < 4.78 is 16.2. The van der Waals surface area contributed by atoms with Gasteiger partial charge >= 0.3 is 5.63 Å². The molecule has 3 aromatic rings. The van der Waals surface area contributed by atoms with E-state index in [4.69, 9.17) is 13.9 Å². The van der Waals surface area contributed by atoms with E-state index in [0.29, 0.717) is 36.4 Å². The maximum atomic E-state index is 13.3. The predicted octanol–water partition coefficient (Wildman–Crippen LogP) is 3.19. The molecule has 0 atom stereocenters. The van der Waals surface area contributed by atoms with Crippen molar-refractivity contribution >= 4 is 16.9 Å². The first-order valence-electron chi connectivity index (χ1n) is 12.1. The second-order valence-corrected chi connectivity index (χ2v) is 8.83. The number of hydrogen-bond donors (Lipinski definition) is 0. The number of aromatic nitrogens is 1. The van der Waals surface area contributed by atoms with Crippen LogP contribution in [0, 0.1) is 6.92 Å². The van der Waals surface area contributed by atoms with E-state index in [2.05, 4.69) is 9.88 Å². The fourth-order valence-corrected chi connectivity index (χ4v) is 4.49. The monoisotopic (exact) mass is 479 g/mol. The predicted molar refractivity (Wildman–Crippen MR) is 134 cm³/mol. The van der Waals surface area contributed by atoms with Gasteiger partial charge in [0.2, 0.25) is 5.91 Å². The molecule has 1 aliphatic rings. The quantitative estimate of drug-likeness (QED) is 0.413. The van der Waals surface area contributed by atoms with Gasteiger partial charge in [0.15, 0.2) is 0 Å². The van der Waals surface area contributed by atoms with E-state index in [0.717, 1.165) is 55.8 Å². The van der Waals surface area contributed by atoms with Crippen molar-refractivity contribution in [2.75, 3.05) is 46.5 Å². The number of methoxy groups -OCH3 is 1. The van der Waals surface area contributed by atoms with Gasteiger partial charge in [-0.2, -0.15) is 0 Å². The number of morpholine rings is 1. The minimum Gasteiger partial charge on any atom is -0.497 e. The van der Waals surface area contributed by atoms with Crippen molar-refractivity contribution in [3.8, 4) is 5.75 Å². The van der Waals surface area contributed by atoms with Gasteiger partial charge in [-0.25, -0.2) is 4.79 Å². The van der Waals surface area contributed by atoms with Gasteiger partial charge in [-0.15, -0.1) is 0 Å². The van der Waals surface area contributed by atoms with E-state index in [9.17, 15) is 9.59 Å². The van der Waals surface area contributed by atoms with Crippen LogP contribution in [0.25, 0.3) is 11.0 Å². The van der Waals surface area contributed by atoms with Crippen molar-refractivity contribution in [1.82, 2.24) is 14.8 Å². The highest BCUT2D eigenvalue weighted by Crippen LogP contribution is 2.24. The van der Waals surface area contributed by atoms with E-state index >= 15 is 0 Å². The molecule has 1 aliphatic heterocycles. The van der Waals surface area contributed by atoms with Crippen molar-refractivity contribution in [3.05, 3.63) is 69.8 Å². The number of ether oxygens (including phenoxy) is 2. The van der Waals surface area contributed by atoms with Crippen LogP contribution in [0.15, 0.2) is 51.9 Å². The topological polar surface area (TPSA) is 85.1 Å². The third kappa shape index (κ3) is 6.46. The van der Waals surface area contributed by atoms with E-state index in [1.165, 1.54) is 0 Å². The third-order valence-electron chi connectivity index (χ3n) is 6.56. The molecule has 0 bridgehead atoms. The second kappa shape index (κ2) is 12.0. The number of amides is 1. The van der Waals surface area contributed by atoms with Crippen molar-refractivity contribution in [1.29, 1.82) is 0 Å².